The number of rotatable bonds is 4. The normalized spacial score (nSPS) is 18.4. The summed E-state index contributed by atoms with van der Waals surface area (Å²) >= 11 is 7.60. The van der Waals surface area contributed by atoms with E-state index in [9.17, 15) is 4.79 Å². The second-order valence-electron chi connectivity index (χ2n) is 6.64. The predicted molar refractivity (Wildman–Crippen MR) is 101 cm³/mol. The highest BCUT2D eigenvalue weighted by molar-refractivity contribution is 7.13. The molecule has 2 heterocycles. The molecule has 0 radical (unpaired) electrons. The molecule has 1 N–H and O–H groups in total. The van der Waals surface area contributed by atoms with Crippen molar-refractivity contribution < 1.29 is 4.79 Å². The Bertz CT molecular complexity index is 736. The molecule has 5 nitrogen and oxygen atoms in total. The zero-order valence-electron chi connectivity index (χ0n) is 13.9. The van der Waals surface area contributed by atoms with Crippen LogP contribution in [-0.2, 0) is 6.54 Å². The summed E-state index contributed by atoms with van der Waals surface area (Å²) in [6.07, 6.45) is 2.26. The van der Waals surface area contributed by atoms with E-state index in [1.54, 1.807) is 11.3 Å². The molecule has 2 aliphatic rings. The number of piperazine rings is 1. The zero-order valence-corrected chi connectivity index (χ0v) is 15.5. The van der Waals surface area contributed by atoms with Crippen molar-refractivity contribution in [2.75, 3.05) is 26.2 Å². The molecule has 0 unspecified atom stereocenters. The van der Waals surface area contributed by atoms with Crippen LogP contribution in [0.25, 0.3) is 10.6 Å². The average molecular weight is 377 g/mol. The standard InChI is InChI=1S/C18H21ClN4OS/c19-14-3-1-13(2-4-14)17-20-16(12-25-17)11-22-7-9-23(10-8-22)18(24)21-15-5-6-15/h1-4,12,15H,5-11H2,(H,21,24). The molecule has 25 heavy (non-hydrogen) atoms. The summed E-state index contributed by atoms with van der Waals surface area (Å²) in [6.45, 7) is 4.19. The molecule has 4 rings (SSSR count). The summed E-state index contributed by atoms with van der Waals surface area (Å²) < 4.78 is 0. The van der Waals surface area contributed by atoms with Gasteiger partial charge in [0.15, 0.2) is 0 Å². The van der Waals surface area contributed by atoms with Crippen LogP contribution >= 0.6 is 22.9 Å². The maximum absolute atomic E-state index is 12.1. The van der Waals surface area contributed by atoms with Crippen molar-refractivity contribution in [3.63, 3.8) is 0 Å². The lowest BCUT2D eigenvalue weighted by molar-refractivity contribution is 0.134. The van der Waals surface area contributed by atoms with Gasteiger partial charge >= 0.3 is 6.03 Å². The van der Waals surface area contributed by atoms with Crippen LogP contribution in [0.5, 0.6) is 0 Å². The number of carbonyl (C=O) groups excluding carboxylic acids is 1. The first-order chi connectivity index (χ1) is 12.2. The first-order valence-electron chi connectivity index (χ1n) is 8.65. The molecule has 2 aromatic rings. The summed E-state index contributed by atoms with van der Waals surface area (Å²) in [5.74, 6) is 0. The molecule has 1 aliphatic carbocycles. The minimum Gasteiger partial charge on any atom is -0.335 e. The Hall–Kier alpha value is -1.63. The third-order valence-corrected chi connectivity index (χ3v) is 5.79. The minimum absolute atomic E-state index is 0.0980. The molecule has 0 atom stereocenters. The van der Waals surface area contributed by atoms with Crippen molar-refractivity contribution >= 4 is 29.0 Å². The Balaban J connectivity index is 1.30. The molecule has 1 saturated heterocycles. The maximum atomic E-state index is 12.1. The van der Waals surface area contributed by atoms with Gasteiger partial charge in [0.2, 0.25) is 0 Å². The van der Waals surface area contributed by atoms with Gasteiger partial charge in [0.1, 0.15) is 5.01 Å². The van der Waals surface area contributed by atoms with Crippen molar-refractivity contribution in [2.45, 2.75) is 25.4 Å². The second kappa shape index (κ2) is 7.32. The van der Waals surface area contributed by atoms with Gasteiger partial charge in [-0.15, -0.1) is 11.3 Å². The number of hydrogen-bond donors (Lipinski definition) is 1. The Morgan fingerprint density at radius 2 is 1.92 bits per heavy atom. The van der Waals surface area contributed by atoms with E-state index >= 15 is 0 Å². The van der Waals surface area contributed by atoms with Crippen molar-refractivity contribution in [1.82, 2.24) is 20.1 Å². The first-order valence-corrected chi connectivity index (χ1v) is 9.91. The highest BCUT2D eigenvalue weighted by atomic mass is 35.5. The van der Waals surface area contributed by atoms with Crippen LogP contribution in [-0.4, -0.2) is 53.0 Å². The second-order valence-corrected chi connectivity index (χ2v) is 7.93. The maximum Gasteiger partial charge on any atom is 0.317 e. The van der Waals surface area contributed by atoms with E-state index in [-0.39, 0.29) is 6.03 Å². The number of carbonyl (C=O) groups is 1. The average Bonchev–Trinajstić information content (AvgIpc) is 3.32. The van der Waals surface area contributed by atoms with Crippen LogP contribution in [0.3, 0.4) is 0 Å². The highest BCUT2D eigenvalue weighted by Gasteiger charge is 2.27. The van der Waals surface area contributed by atoms with Gasteiger partial charge in [0.25, 0.3) is 0 Å². The number of aromatic nitrogens is 1. The van der Waals surface area contributed by atoms with Crippen LogP contribution in [0.15, 0.2) is 29.6 Å². The fourth-order valence-electron chi connectivity index (χ4n) is 2.94. The fourth-order valence-corrected chi connectivity index (χ4v) is 3.88. The van der Waals surface area contributed by atoms with Crippen LogP contribution in [0.4, 0.5) is 4.79 Å². The van der Waals surface area contributed by atoms with Crippen LogP contribution in [0.2, 0.25) is 5.02 Å². The smallest absolute Gasteiger partial charge is 0.317 e. The van der Waals surface area contributed by atoms with Gasteiger partial charge < -0.3 is 10.2 Å². The van der Waals surface area contributed by atoms with Gasteiger partial charge in [0.05, 0.1) is 5.69 Å². The number of nitrogens with one attached hydrogen (secondary N) is 1. The lowest BCUT2D eigenvalue weighted by atomic mass is 10.2. The van der Waals surface area contributed by atoms with Gasteiger partial charge in [-0.2, -0.15) is 0 Å². The van der Waals surface area contributed by atoms with Crippen molar-refractivity contribution in [2.24, 2.45) is 0 Å². The SMILES string of the molecule is O=C(NC1CC1)N1CCN(Cc2csc(-c3ccc(Cl)cc3)n2)CC1. The molecule has 0 bridgehead atoms. The van der Waals surface area contributed by atoms with E-state index in [0.717, 1.165) is 66.9 Å². The molecule has 2 amide bonds. The molecule has 7 heteroatoms. The van der Waals surface area contributed by atoms with Gasteiger partial charge in [-0.3, -0.25) is 4.90 Å². The minimum atomic E-state index is 0.0980. The number of hydrogen-bond acceptors (Lipinski definition) is 4. The topological polar surface area (TPSA) is 48.5 Å². The Labute approximate surface area is 156 Å². The Morgan fingerprint density at radius 3 is 2.60 bits per heavy atom. The molecule has 2 fully saturated rings. The number of amides is 2. The third kappa shape index (κ3) is 4.32. The van der Waals surface area contributed by atoms with Gasteiger partial charge in [-0.25, -0.2) is 9.78 Å². The van der Waals surface area contributed by atoms with E-state index < -0.39 is 0 Å². The van der Waals surface area contributed by atoms with Crippen LogP contribution < -0.4 is 5.32 Å². The number of benzene rings is 1. The number of urea groups is 1. The van der Waals surface area contributed by atoms with E-state index in [2.05, 4.69) is 15.6 Å². The molecular formula is C18H21ClN4OS. The van der Waals surface area contributed by atoms with Crippen molar-refractivity contribution in [1.29, 1.82) is 0 Å². The van der Waals surface area contributed by atoms with Crippen molar-refractivity contribution in [3.05, 3.63) is 40.4 Å². The van der Waals surface area contributed by atoms with E-state index in [0.29, 0.717) is 6.04 Å². The number of halogens is 1. The molecule has 1 aromatic heterocycles. The van der Waals surface area contributed by atoms with E-state index in [1.165, 1.54) is 0 Å². The van der Waals surface area contributed by atoms with Crippen LogP contribution in [0.1, 0.15) is 18.5 Å². The van der Waals surface area contributed by atoms with Crippen LogP contribution in [0, 0.1) is 0 Å². The number of nitrogens with zero attached hydrogens (tertiary/aromatic N) is 3. The molecule has 1 aromatic carbocycles. The lowest BCUT2D eigenvalue weighted by Gasteiger charge is -2.34. The summed E-state index contributed by atoms with van der Waals surface area (Å²) in [7, 11) is 0. The Morgan fingerprint density at radius 1 is 1.20 bits per heavy atom. The largest absolute Gasteiger partial charge is 0.335 e. The molecule has 0 spiro atoms. The molecule has 1 saturated carbocycles. The summed E-state index contributed by atoms with van der Waals surface area (Å²) in [6, 6.07) is 8.31. The highest BCUT2D eigenvalue weighted by Crippen LogP contribution is 2.26. The Kier molecular flexibility index (Phi) is 4.92. The number of thiazole rings is 1. The van der Waals surface area contributed by atoms with Gasteiger partial charge in [-0.1, -0.05) is 23.7 Å². The summed E-state index contributed by atoms with van der Waals surface area (Å²) in [4.78, 5) is 21.1. The monoisotopic (exact) mass is 376 g/mol. The first kappa shape index (κ1) is 16.8. The fraction of sp³-hybridized carbons (Fsp3) is 0.444. The lowest BCUT2D eigenvalue weighted by Crippen LogP contribution is -2.51. The predicted octanol–water partition coefficient (Wildman–Crippen LogP) is 3.45. The van der Waals surface area contributed by atoms with E-state index in [4.69, 9.17) is 16.6 Å². The summed E-state index contributed by atoms with van der Waals surface area (Å²) in [5.41, 5.74) is 2.19. The molecular weight excluding hydrogens is 356 g/mol. The zero-order chi connectivity index (χ0) is 17.2. The van der Waals surface area contributed by atoms with E-state index in [1.807, 2.05) is 29.2 Å². The quantitative estimate of drug-likeness (QED) is 0.889. The van der Waals surface area contributed by atoms with Crippen molar-refractivity contribution in [3.8, 4) is 10.6 Å². The van der Waals surface area contributed by atoms with Gasteiger partial charge in [-0.05, 0) is 25.0 Å². The van der Waals surface area contributed by atoms with Gasteiger partial charge in [0, 0.05) is 54.7 Å². The summed E-state index contributed by atoms with van der Waals surface area (Å²) in [5, 5.41) is 6.95. The third-order valence-electron chi connectivity index (χ3n) is 4.59. The molecule has 1 aliphatic heterocycles. The molecule has 132 valence electrons.